The molecule has 1 unspecified atom stereocenters. The van der Waals surface area contributed by atoms with E-state index in [1.54, 1.807) is 0 Å². The van der Waals surface area contributed by atoms with Crippen LogP contribution in [0, 0.1) is 5.41 Å². The highest BCUT2D eigenvalue weighted by molar-refractivity contribution is 5.86. The maximum Gasteiger partial charge on any atom is 0.407 e. The van der Waals surface area contributed by atoms with Gasteiger partial charge in [-0.1, -0.05) is 68.3 Å². The number of hydrogen-bond acceptors (Lipinski definition) is 4. The molecule has 0 saturated heterocycles. The van der Waals surface area contributed by atoms with Gasteiger partial charge in [-0.2, -0.15) is 0 Å². The van der Waals surface area contributed by atoms with Crippen molar-refractivity contribution in [1.82, 2.24) is 10.6 Å². The molecule has 33 heavy (non-hydrogen) atoms. The molecule has 7 nitrogen and oxygen atoms in total. The summed E-state index contributed by atoms with van der Waals surface area (Å²) in [7, 11) is 0. The van der Waals surface area contributed by atoms with E-state index < -0.39 is 29.4 Å². The lowest BCUT2D eigenvalue weighted by Crippen LogP contribution is -2.49. The van der Waals surface area contributed by atoms with Crippen LogP contribution >= 0.6 is 0 Å². The van der Waals surface area contributed by atoms with Crippen molar-refractivity contribution in [2.24, 2.45) is 5.41 Å². The van der Waals surface area contributed by atoms with Crippen LogP contribution in [0.25, 0.3) is 11.1 Å². The van der Waals surface area contributed by atoms with Crippen LogP contribution in [-0.2, 0) is 14.3 Å². The minimum atomic E-state index is -1.10. The molecule has 0 heterocycles. The molecule has 1 aliphatic carbocycles. The molecular formula is C26H32N2O5. The molecule has 176 valence electrons. The monoisotopic (exact) mass is 452 g/mol. The zero-order valence-electron chi connectivity index (χ0n) is 19.4. The zero-order valence-corrected chi connectivity index (χ0v) is 19.4. The Morgan fingerprint density at radius 3 is 2.15 bits per heavy atom. The van der Waals surface area contributed by atoms with Gasteiger partial charge in [0, 0.05) is 12.5 Å². The third-order valence-corrected chi connectivity index (χ3v) is 6.08. The third kappa shape index (κ3) is 5.72. The molecule has 1 aliphatic rings. The standard InChI is InChI=1S/C26H32N2O5/c1-4-5-14-22(23(29)27-16-26(2,3)24(30)31)28-25(32)33-15-21-19-12-8-6-10-17(19)18-11-7-9-13-20(18)21/h6-13,21-22H,4-5,14-16H2,1-3H3,(H,27,29)(H,28,32)(H,30,31). The van der Waals surface area contributed by atoms with Crippen molar-refractivity contribution < 1.29 is 24.2 Å². The molecule has 0 aromatic heterocycles. The lowest BCUT2D eigenvalue weighted by atomic mass is 9.93. The lowest BCUT2D eigenvalue weighted by Gasteiger charge is -2.23. The molecule has 2 amide bonds. The van der Waals surface area contributed by atoms with Gasteiger partial charge in [-0.15, -0.1) is 0 Å². The Balaban J connectivity index is 1.63. The topological polar surface area (TPSA) is 105 Å². The number of amides is 2. The smallest absolute Gasteiger partial charge is 0.407 e. The number of unbranched alkanes of at least 4 members (excludes halogenated alkanes) is 1. The van der Waals surface area contributed by atoms with E-state index in [-0.39, 0.29) is 19.1 Å². The Labute approximate surface area is 194 Å². The van der Waals surface area contributed by atoms with Crippen molar-refractivity contribution in [3.8, 4) is 11.1 Å². The molecule has 0 radical (unpaired) electrons. The van der Waals surface area contributed by atoms with E-state index in [1.807, 2.05) is 43.3 Å². The molecule has 3 rings (SSSR count). The van der Waals surface area contributed by atoms with Crippen LogP contribution in [0.3, 0.4) is 0 Å². The second-order valence-corrected chi connectivity index (χ2v) is 9.07. The van der Waals surface area contributed by atoms with Gasteiger partial charge in [-0.3, -0.25) is 9.59 Å². The highest BCUT2D eigenvalue weighted by Crippen LogP contribution is 2.44. The van der Waals surface area contributed by atoms with Gasteiger partial charge >= 0.3 is 12.1 Å². The molecule has 0 bridgehead atoms. The summed E-state index contributed by atoms with van der Waals surface area (Å²) >= 11 is 0. The van der Waals surface area contributed by atoms with Gasteiger partial charge in [0.15, 0.2) is 0 Å². The summed E-state index contributed by atoms with van der Waals surface area (Å²) in [6.07, 6.45) is 1.38. The van der Waals surface area contributed by atoms with Gasteiger partial charge in [-0.25, -0.2) is 4.79 Å². The number of carboxylic acid groups (broad SMARTS) is 1. The molecule has 0 spiro atoms. The number of rotatable bonds is 10. The van der Waals surface area contributed by atoms with Gasteiger partial charge in [0.2, 0.25) is 5.91 Å². The van der Waals surface area contributed by atoms with Gasteiger partial charge < -0.3 is 20.5 Å². The fourth-order valence-corrected chi connectivity index (χ4v) is 3.97. The van der Waals surface area contributed by atoms with Crippen LogP contribution < -0.4 is 10.6 Å². The number of fused-ring (bicyclic) bond motifs is 3. The van der Waals surface area contributed by atoms with Crippen LogP contribution in [0.4, 0.5) is 4.79 Å². The first-order chi connectivity index (χ1) is 15.7. The maximum atomic E-state index is 12.7. The number of carbonyl (C=O) groups is 3. The minimum Gasteiger partial charge on any atom is -0.481 e. The third-order valence-electron chi connectivity index (χ3n) is 6.08. The molecule has 2 aromatic rings. The van der Waals surface area contributed by atoms with E-state index in [4.69, 9.17) is 4.74 Å². The summed E-state index contributed by atoms with van der Waals surface area (Å²) in [6, 6.07) is 15.4. The van der Waals surface area contributed by atoms with Crippen LogP contribution in [0.5, 0.6) is 0 Å². The summed E-state index contributed by atoms with van der Waals surface area (Å²) in [4.78, 5) is 36.6. The summed E-state index contributed by atoms with van der Waals surface area (Å²) in [5.74, 6) is -1.48. The molecule has 0 aliphatic heterocycles. The predicted molar refractivity (Wildman–Crippen MR) is 126 cm³/mol. The summed E-state index contributed by atoms with van der Waals surface area (Å²) in [5, 5.41) is 14.6. The number of aliphatic carboxylic acids is 1. The van der Waals surface area contributed by atoms with Gasteiger partial charge in [0.25, 0.3) is 0 Å². The van der Waals surface area contributed by atoms with E-state index in [1.165, 1.54) is 13.8 Å². The Morgan fingerprint density at radius 2 is 1.61 bits per heavy atom. The Kier molecular flexibility index (Phi) is 7.74. The SMILES string of the molecule is CCCCC(NC(=O)OCC1c2ccccc2-c2ccccc21)C(=O)NCC(C)(C)C(=O)O. The maximum absolute atomic E-state index is 12.7. The quantitative estimate of drug-likeness (QED) is 0.498. The average molecular weight is 453 g/mol. The molecule has 1 atom stereocenters. The fourth-order valence-electron chi connectivity index (χ4n) is 3.97. The van der Waals surface area contributed by atoms with Crippen molar-refractivity contribution in [2.45, 2.75) is 52.0 Å². The number of nitrogens with one attached hydrogen (secondary N) is 2. The fraction of sp³-hybridized carbons (Fsp3) is 0.423. The van der Waals surface area contributed by atoms with E-state index in [9.17, 15) is 19.5 Å². The van der Waals surface area contributed by atoms with E-state index in [2.05, 4.69) is 22.8 Å². The minimum absolute atomic E-state index is 0.0316. The Hall–Kier alpha value is -3.35. The van der Waals surface area contributed by atoms with E-state index in [0.29, 0.717) is 6.42 Å². The first-order valence-corrected chi connectivity index (χ1v) is 11.4. The first kappa shape index (κ1) is 24.3. The lowest BCUT2D eigenvalue weighted by molar-refractivity contribution is -0.146. The summed E-state index contributed by atoms with van der Waals surface area (Å²) in [5.41, 5.74) is 3.41. The second kappa shape index (κ2) is 10.5. The van der Waals surface area contributed by atoms with Crippen LogP contribution in [0.15, 0.2) is 48.5 Å². The number of carbonyl (C=O) groups excluding carboxylic acids is 2. The molecule has 3 N–H and O–H groups in total. The number of carboxylic acids is 1. The van der Waals surface area contributed by atoms with Crippen LogP contribution in [-0.4, -0.2) is 42.3 Å². The largest absolute Gasteiger partial charge is 0.481 e. The Morgan fingerprint density at radius 1 is 1.03 bits per heavy atom. The molecular weight excluding hydrogens is 420 g/mol. The predicted octanol–water partition coefficient (Wildman–Crippen LogP) is 4.31. The second-order valence-electron chi connectivity index (χ2n) is 9.07. The number of ether oxygens (including phenoxy) is 1. The normalized spacial score (nSPS) is 13.5. The van der Waals surface area contributed by atoms with E-state index >= 15 is 0 Å². The van der Waals surface area contributed by atoms with Crippen molar-refractivity contribution in [2.75, 3.05) is 13.2 Å². The van der Waals surface area contributed by atoms with Gasteiger partial charge in [-0.05, 0) is 42.5 Å². The van der Waals surface area contributed by atoms with E-state index in [0.717, 1.165) is 35.1 Å². The number of hydrogen-bond donors (Lipinski definition) is 3. The van der Waals surface area contributed by atoms with Crippen molar-refractivity contribution in [1.29, 1.82) is 0 Å². The van der Waals surface area contributed by atoms with Crippen molar-refractivity contribution >= 4 is 18.0 Å². The first-order valence-electron chi connectivity index (χ1n) is 11.4. The zero-order chi connectivity index (χ0) is 24.0. The molecule has 2 aromatic carbocycles. The molecule has 7 heteroatoms. The summed E-state index contributed by atoms with van der Waals surface area (Å²) < 4.78 is 5.56. The number of benzene rings is 2. The number of alkyl carbamates (subject to hydrolysis) is 1. The average Bonchev–Trinajstić information content (AvgIpc) is 3.12. The Bertz CT molecular complexity index is 972. The molecule has 0 fully saturated rings. The van der Waals surface area contributed by atoms with Crippen LogP contribution in [0.2, 0.25) is 0 Å². The summed E-state index contributed by atoms with van der Waals surface area (Å²) in [6.45, 7) is 5.20. The molecule has 0 saturated carbocycles. The van der Waals surface area contributed by atoms with Crippen LogP contribution in [0.1, 0.15) is 57.1 Å². The van der Waals surface area contributed by atoms with Gasteiger partial charge in [0.1, 0.15) is 12.6 Å². The van der Waals surface area contributed by atoms with Gasteiger partial charge in [0.05, 0.1) is 5.41 Å². The van der Waals surface area contributed by atoms with Crippen molar-refractivity contribution in [3.63, 3.8) is 0 Å². The highest BCUT2D eigenvalue weighted by Gasteiger charge is 2.31. The highest BCUT2D eigenvalue weighted by atomic mass is 16.5. The van der Waals surface area contributed by atoms with Crippen molar-refractivity contribution in [3.05, 3.63) is 59.7 Å².